The predicted octanol–water partition coefficient (Wildman–Crippen LogP) is 1.36. The van der Waals surface area contributed by atoms with Crippen LogP contribution >= 0.6 is 22.6 Å². The number of nitrogens with zero attached hydrogens (tertiary/aromatic N) is 2. The van der Waals surface area contributed by atoms with Crippen LogP contribution in [0.5, 0.6) is 0 Å². The third-order valence-corrected chi connectivity index (χ3v) is 1.12. The van der Waals surface area contributed by atoms with Crippen LogP contribution in [0.25, 0.3) is 0 Å². The Hall–Kier alpha value is -0.330. The minimum absolute atomic E-state index is 0.0742. The van der Waals surface area contributed by atoms with E-state index in [2.05, 4.69) is 9.97 Å². The molecule has 1 aromatic rings. The molecule has 0 fully saturated rings. The van der Waals surface area contributed by atoms with Crippen molar-refractivity contribution in [3.8, 4) is 0 Å². The van der Waals surface area contributed by atoms with E-state index in [0.29, 0.717) is 6.07 Å². The molecule has 0 bridgehead atoms. The molecule has 48 valence electrons. The second kappa shape index (κ2) is 2.51. The van der Waals surface area contributed by atoms with Gasteiger partial charge in [-0.05, 0) is 0 Å². The first-order chi connectivity index (χ1) is 4.18. The van der Waals surface area contributed by atoms with Crippen LogP contribution in [0, 0.1) is 15.7 Å². The Morgan fingerprint density at radius 1 is 1.22 bits per heavy atom. The lowest BCUT2D eigenvalue weighted by Gasteiger charge is -1.88. The molecule has 0 aromatic carbocycles. The van der Waals surface area contributed by atoms with Gasteiger partial charge in [0, 0.05) is 28.7 Å². The van der Waals surface area contributed by atoms with Crippen molar-refractivity contribution in [3.63, 3.8) is 0 Å². The van der Waals surface area contributed by atoms with Crippen molar-refractivity contribution in [2.45, 2.75) is 0 Å². The summed E-state index contributed by atoms with van der Waals surface area (Å²) in [5, 5.41) is 0. The molecular weight excluding hydrogens is 241 g/mol. The van der Waals surface area contributed by atoms with Crippen molar-refractivity contribution in [2.24, 2.45) is 0 Å². The lowest BCUT2D eigenvalue weighted by atomic mass is 10.6. The zero-order valence-corrected chi connectivity index (χ0v) is 6.26. The summed E-state index contributed by atoms with van der Waals surface area (Å²) in [5.74, 6) is -1.68. The molecule has 0 spiro atoms. The molecule has 0 amide bonds. The van der Waals surface area contributed by atoms with Gasteiger partial charge in [-0.1, -0.05) is 0 Å². The monoisotopic (exact) mass is 242 g/mol. The molecule has 0 saturated carbocycles. The highest BCUT2D eigenvalue weighted by atomic mass is 127. The number of halogens is 3. The summed E-state index contributed by atoms with van der Waals surface area (Å²) in [4.78, 5) is 6.41. The lowest BCUT2D eigenvalue weighted by Crippen LogP contribution is -1.93. The summed E-state index contributed by atoms with van der Waals surface area (Å²) in [6.45, 7) is 0. The van der Waals surface area contributed by atoms with Crippen LogP contribution in [-0.2, 0) is 0 Å². The van der Waals surface area contributed by atoms with Gasteiger partial charge in [-0.25, -0.2) is 0 Å². The van der Waals surface area contributed by atoms with Gasteiger partial charge < -0.3 is 0 Å². The molecule has 0 aliphatic rings. The van der Waals surface area contributed by atoms with E-state index in [1.807, 2.05) is 0 Å². The molecule has 0 radical (unpaired) electrons. The van der Waals surface area contributed by atoms with Crippen molar-refractivity contribution < 1.29 is 8.78 Å². The summed E-state index contributed by atoms with van der Waals surface area (Å²) in [7, 11) is 0. The minimum atomic E-state index is -0.841. The van der Waals surface area contributed by atoms with Crippen molar-refractivity contribution in [2.75, 3.05) is 0 Å². The second-order valence-corrected chi connectivity index (χ2v) is 2.25. The van der Waals surface area contributed by atoms with Crippen LogP contribution in [-0.4, -0.2) is 9.97 Å². The van der Waals surface area contributed by atoms with E-state index < -0.39 is 11.9 Å². The summed E-state index contributed by atoms with van der Waals surface area (Å²) in [6, 6.07) is 0.627. The normalized spacial score (nSPS) is 9.67. The molecule has 2 nitrogen and oxygen atoms in total. The molecule has 5 heteroatoms. The van der Waals surface area contributed by atoms with Crippen LogP contribution in [0.3, 0.4) is 0 Å². The average molecular weight is 242 g/mol. The van der Waals surface area contributed by atoms with Gasteiger partial charge >= 0.3 is 0 Å². The van der Waals surface area contributed by atoms with Gasteiger partial charge in [-0.15, -0.1) is 0 Å². The molecule has 0 N–H and O–H groups in total. The Kier molecular flexibility index (Phi) is 1.89. The zero-order chi connectivity index (χ0) is 6.85. The Morgan fingerprint density at radius 3 is 2.00 bits per heavy atom. The first-order valence-electron chi connectivity index (χ1n) is 2.04. The van der Waals surface area contributed by atoms with E-state index in [9.17, 15) is 8.78 Å². The van der Waals surface area contributed by atoms with Gasteiger partial charge in [0.1, 0.15) is 0 Å². The molecule has 0 aliphatic carbocycles. The molecule has 0 saturated heterocycles. The van der Waals surface area contributed by atoms with E-state index in [-0.39, 0.29) is 3.83 Å². The highest BCUT2D eigenvalue weighted by Crippen LogP contribution is 1.99. The van der Waals surface area contributed by atoms with Gasteiger partial charge in [0.05, 0.1) is 0 Å². The SMILES string of the molecule is Fc1cc(F)nc(I)n1. The Labute approximate surface area is 63.5 Å². The zero-order valence-electron chi connectivity index (χ0n) is 4.11. The Morgan fingerprint density at radius 2 is 1.67 bits per heavy atom. The third kappa shape index (κ3) is 1.81. The van der Waals surface area contributed by atoms with Gasteiger partial charge in [0.15, 0.2) is 3.83 Å². The maximum absolute atomic E-state index is 12.0. The number of hydrogen-bond donors (Lipinski definition) is 0. The van der Waals surface area contributed by atoms with Crippen LogP contribution < -0.4 is 0 Å². The highest BCUT2D eigenvalue weighted by molar-refractivity contribution is 14.1. The molecule has 0 unspecified atom stereocenters. The smallest absolute Gasteiger partial charge is 0.194 e. The maximum atomic E-state index is 12.0. The van der Waals surface area contributed by atoms with E-state index in [1.165, 1.54) is 0 Å². The summed E-state index contributed by atoms with van der Waals surface area (Å²) < 4.78 is 24.1. The average Bonchev–Trinajstić information content (AvgIpc) is 1.59. The standard InChI is InChI=1S/C4HF2IN2/c5-2-1-3(6)9-4(7)8-2/h1H. The molecular formula is C4HF2IN2. The molecule has 1 rings (SSSR count). The van der Waals surface area contributed by atoms with Gasteiger partial charge in [0.25, 0.3) is 0 Å². The summed E-state index contributed by atoms with van der Waals surface area (Å²) >= 11 is 1.63. The van der Waals surface area contributed by atoms with E-state index in [0.717, 1.165) is 0 Å². The molecule has 1 aromatic heterocycles. The highest BCUT2D eigenvalue weighted by Gasteiger charge is 1.98. The van der Waals surface area contributed by atoms with Crippen molar-refractivity contribution >= 4 is 22.6 Å². The molecule has 1 heterocycles. The van der Waals surface area contributed by atoms with E-state index in [4.69, 9.17) is 0 Å². The van der Waals surface area contributed by atoms with Crippen LogP contribution in [0.4, 0.5) is 8.78 Å². The quantitative estimate of drug-likeness (QED) is 0.390. The topological polar surface area (TPSA) is 25.8 Å². The fraction of sp³-hybridized carbons (Fsp3) is 0. The first kappa shape index (κ1) is 6.79. The van der Waals surface area contributed by atoms with Gasteiger partial charge in [-0.2, -0.15) is 18.7 Å². The third-order valence-electron chi connectivity index (χ3n) is 0.636. The number of rotatable bonds is 0. The molecule has 9 heavy (non-hydrogen) atoms. The van der Waals surface area contributed by atoms with E-state index >= 15 is 0 Å². The lowest BCUT2D eigenvalue weighted by molar-refractivity contribution is 0.518. The fourth-order valence-corrected chi connectivity index (χ4v) is 0.825. The molecule has 0 atom stereocenters. The fourth-order valence-electron chi connectivity index (χ4n) is 0.364. The van der Waals surface area contributed by atoms with Crippen molar-refractivity contribution in [1.29, 1.82) is 0 Å². The minimum Gasteiger partial charge on any atom is -0.194 e. The summed E-state index contributed by atoms with van der Waals surface area (Å²) in [6.07, 6.45) is 0. The number of aromatic nitrogens is 2. The van der Waals surface area contributed by atoms with Gasteiger partial charge in [-0.3, -0.25) is 0 Å². The van der Waals surface area contributed by atoms with Crippen molar-refractivity contribution in [1.82, 2.24) is 9.97 Å². The summed E-state index contributed by atoms with van der Waals surface area (Å²) in [5.41, 5.74) is 0. The van der Waals surface area contributed by atoms with Crippen LogP contribution in [0.2, 0.25) is 0 Å². The molecule has 0 aliphatic heterocycles. The maximum Gasteiger partial charge on any atom is 0.219 e. The van der Waals surface area contributed by atoms with Crippen LogP contribution in [0.15, 0.2) is 6.07 Å². The first-order valence-corrected chi connectivity index (χ1v) is 3.12. The Balaban J connectivity index is 3.17. The van der Waals surface area contributed by atoms with Gasteiger partial charge in [0.2, 0.25) is 11.9 Å². The largest absolute Gasteiger partial charge is 0.219 e. The predicted molar refractivity (Wildman–Crippen MR) is 34.7 cm³/mol. The van der Waals surface area contributed by atoms with Crippen molar-refractivity contribution in [3.05, 3.63) is 21.8 Å². The van der Waals surface area contributed by atoms with E-state index in [1.54, 1.807) is 22.6 Å². The Bertz CT molecular complexity index is 177. The number of hydrogen-bond acceptors (Lipinski definition) is 2. The van der Waals surface area contributed by atoms with Crippen LogP contribution in [0.1, 0.15) is 0 Å². The second-order valence-electron chi connectivity index (χ2n) is 1.28.